The molecular formula is C20H30N2O3. The van der Waals surface area contributed by atoms with Crippen LogP contribution in [0.5, 0.6) is 11.5 Å². The van der Waals surface area contributed by atoms with Gasteiger partial charge in [-0.15, -0.1) is 0 Å². The lowest BCUT2D eigenvalue weighted by Gasteiger charge is -2.39. The first-order valence-corrected chi connectivity index (χ1v) is 9.21. The smallest absolute Gasteiger partial charge is 0.320 e. The number of amides is 2. The van der Waals surface area contributed by atoms with Gasteiger partial charge in [-0.1, -0.05) is 32.9 Å². The number of hydrogen-bond donors (Lipinski definition) is 1. The van der Waals surface area contributed by atoms with Gasteiger partial charge in [-0.2, -0.15) is 0 Å². The first kappa shape index (κ1) is 17.9. The molecule has 1 aliphatic carbocycles. The number of benzene rings is 1. The van der Waals surface area contributed by atoms with Crippen LogP contribution in [0.15, 0.2) is 24.3 Å². The van der Waals surface area contributed by atoms with Crippen LogP contribution < -0.4 is 14.8 Å². The number of carbonyl (C=O) groups excluding carboxylic acids is 1. The summed E-state index contributed by atoms with van der Waals surface area (Å²) in [6.45, 7) is 10.4. The van der Waals surface area contributed by atoms with Gasteiger partial charge in [-0.05, 0) is 49.1 Å². The molecule has 5 heteroatoms. The van der Waals surface area contributed by atoms with Gasteiger partial charge >= 0.3 is 6.03 Å². The third-order valence-corrected chi connectivity index (χ3v) is 5.28. The summed E-state index contributed by atoms with van der Waals surface area (Å²) in [6.07, 6.45) is 3.36. The van der Waals surface area contributed by atoms with E-state index < -0.39 is 0 Å². The van der Waals surface area contributed by atoms with Gasteiger partial charge in [0.15, 0.2) is 18.2 Å². The minimum atomic E-state index is -0.0275. The minimum Gasteiger partial charge on any atom is -0.490 e. The fourth-order valence-corrected chi connectivity index (χ4v) is 4.82. The number of para-hydroxylation sites is 2. The summed E-state index contributed by atoms with van der Waals surface area (Å²) in [5.74, 6) is 1.35. The van der Waals surface area contributed by atoms with Crippen molar-refractivity contribution < 1.29 is 14.3 Å². The molecule has 3 rings (SSSR count). The first-order chi connectivity index (χ1) is 11.8. The second-order valence-electron chi connectivity index (χ2n) is 8.49. The zero-order valence-electron chi connectivity index (χ0n) is 15.8. The molecular weight excluding hydrogens is 316 g/mol. The fourth-order valence-electron chi connectivity index (χ4n) is 4.82. The summed E-state index contributed by atoms with van der Waals surface area (Å²) in [4.78, 5) is 14.7. The van der Waals surface area contributed by atoms with Crippen molar-refractivity contribution in [1.29, 1.82) is 0 Å². The number of carbonyl (C=O) groups is 1. The molecule has 1 aliphatic heterocycles. The first-order valence-electron chi connectivity index (χ1n) is 9.21. The largest absolute Gasteiger partial charge is 0.490 e. The van der Waals surface area contributed by atoms with Crippen molar-refractivity contribution in [2.24, 2.45) is 10.8 Å². The van der Waals surface area contributed by atoms with Crippen LogP contribution in [0.25, 0.3) is 0 Å². The second kappa shape index (κ2) is 6.77. The van der Waals surface area contributed by atoms with E-state index in [1.54, 1.807) is 0 Å². The van der Waals surface area contributed by atoms with Crippen LogP contribution in [-0.2, 0) is 0 Å². The number of nitrogens with one attached hydrogen (secondary N) is 1. The van der Waals surface area contributed by atoms with Gasteiger partial charge in [0.25, 0.3) is 0 Å². The highest BCUT2D eigenvalue weighted by atomic mass is 16.5. The maximum Gasteiger partial charge on any atom is 0.320 e. The number of urea groups is 1. The molecule has 2 fully saturated rings. The van der Waals surface area contributed by atoms with Gasteiger partial charge < -0.3 is 19.7 Å². The molecule has 5 nitrogen and oxygen atoms in total. The molecule has 2 atom stereocenters. The van der Waals surface area contributed by atoms with Crippen LogP contribution in [0.4, 0.5) is 4.79 Å². The highest BCUT2D eigenvalue weighted by molar-refractivity contribution is 5.75. The predicted octanol–water partition coefficient (Wildman–Crippen LogP) is 4.03. The molecule has 1 saturated heterocycles. The number of hydrogen-bond acceptors (Lipinski definition) is 3. The summed E-state index contributed by atoms with van der Waals surface area (Å²) in [7, 11) is 0. The maximum absolute atomic E-state index is 12.6. The summed E-state index contributed by atoms with van der Waals surface area (Å²) in [6, 6.07) is 7.83. The van der Waals surface area contributed by atoms with Crippen LogP contribution in [0.2, 0.25) is 0 Å². The number of ether oxygens (including phenoxy) is 2. The van der Waals surface area contributed by atoms with Crippen LogP contribution in [0.1, 0.15) is 47.0 Å². The molecule has 1 N–H and O–H groups in total. The van der Waals surface area contributed by atoms with Gasteiger partial charge in [-0.3, -0.25) is 0 Å². The van der Waals surface area contributed by atoms with Crippen LogP contribution in [0.3, 0.4) is 0 Å². The maximum atomic E-state index is 12.6. The number of nitrogens with zero attached hydrogens (tertiary/aromatic N) is 1. The number of likely N-dealkylation sites (tertiary alicyclic amines) is 1. The Morgan fingerprint density at radius 1 is 1.20 bits per heavy atom. The SMILES string of the molecule is CCOc1ccccc1OCNC(=O)N1CC2(C)CC1CC(C)(C)C2. The lowest BCUT2D eigenvalue weighted by atomic mass is 9.65. The molecule has 0 spiro atoms. The predicted molar refractivity (Wildman–Crippen MR) is 97.9 cm³/mol. The van der Waals surface area contributed by atoms with E-state index in [1.807, 2.05) is 36.1 Å². The Morgan fingerprint density at radius 3 is 2.56 bits per heavy atom. The molecule has 138 valence electrons. The summed E-state index contributed by atoms with van der Waals surface area (Å²) in [5.41, 5.74) is 0.547. The summed E-state index contributed by atoms with van der Waals surface area (Å²) < 4.78 is 11.3. The summed E-state index contributed by atoms with van der Waals surface area (Å²) >= 11 is 0. The van der Waals surface area contributed by atoms with E-state index in [0.29, 0.717) is 29.6 Å². The molecule has 0 aromatic heterocycles. The molecule has 2 unspecified atom stereocenters. The lowest BCUT2D eigenvalue weighted by Crippen LogP contribution is -2.44. The Morgan fingerprint density at radius 2 is 1.88 bits per heavy atom. The van der Waals surface area contributed by atoms with E-state index in [-0.39, 0.29) is 18.2 Å². The third-order valence-electron chi connectivity index (χ3n) is 5.28. The molecule has 25 heavy (non-hydrogen) atoms. The highest BCUT2D eigenvalue weighted by Crippen LogP contribution is 2.52. The average Bonchev–Trinajstić information content (AvgIpc) is 2.78. The van der Waals surface area contributed by atoms with Gasteiger partial charge in [0.1, 0.15) is 0 Å². The van der Waals surface area contributed by atoms with Crippen molar-refractivity contribution in [3.05, 3.63) is 24.3 Å². The minimum absolute atomic E-state index is 0.0275. The topological polar surface area (TPSA) is 50.8 Å². The monoisotopic (exact) mass is 346 g/mol. The number of rotatable bonds is 5. The molecule has 2 bridgehead atoms. The van der Waals surface area contributed by atoms with Crippen LogP contribution in [-0.4, -0.2) is 36.9 Å². The van der Waals surface area contributed by atoms with Gasteiger partial charge in [0.2, 0.25) is 0 Å². The van der Waals surface area contributed by atoms with Gasteiger partial charge in [0, 0.05) is 12.6 Å². The van der Waals surface area contributed by atoms with E-state index in [1.165, 1.54) is 6.42 Å². The lowest BCUT2D eigenvalue weighted by molar-refractivity contribution is 0.128. The molecule has 1 saturated carbocycles. The second-order valence-corrected chi connectivity index (χ2v) is 8.49. The van der Waals surface area contributed by atoms with Crippen LogP contribution in [0, 0.1) is 10.8 Å². The van der Waals surface area contributed by atoms with E-state index in [2.05, 4.69) is 26.1 Å². The molecule has 0 radical (unpaired) electrons. The van der Waals surface area contributed by atoms with E-state index >= 15 is 0 Å². The van der Waals surface area contributed by atoms with Crippen LogP contribution >= 0.6 is 0 Å². The molecule has 2 amide bonds. The molecule has 1 aromatic rings. The fraction of sp³-hybridized carbons (Fsp3) is 0.650. The van der Waals surface area contributed by atoms with E-state index in [4.69, 9.17) is 9.47 Å². The van der Waals surface area contributed by atoms with Gasteiger partial charge in [-0.25, -0.2) is 4.79 Å². The number of fused-ring (bicyclic) bond motifs is 2. The molecule has 1 aromatic carbocycles. The zero-order chi connectivity index (χ0) is 18.1. The van der Waals surface area contributed by atoms with Crippen molar-refractivity contribution in [2.45, 2.75) is 53.0 Å². The Balaban J connectivity index is 1.56. The third kappa shape index (κ3) is 4.02. The van der Waals surface area contributed by atoms with Crippen molar-refractivity contribution in [3.63, 3.8) is 0 Å². The van der Waals surface area contributed by atoms with Crippen molar-refractivity contribution in [1.82, 2.24) is 10.2 Å². The van der Waals surface area contributed by atoms with E-state index in [9.17, 15) is 4.79 Å². The molecule has 2 aliphatic rings. The van der Waals surface area contributed by atoms with Gasteiger partial charge in [0.05, 0.1) is 6.61 Å². The zero-order valence-corrected chi connectivity index (χ0v) is 15.8. The van der Waals surface area contributed by atoms with Crippen molar-refractivity contribution in [3.8, 4) is 11.5 Å². The molecule has 1 heterocycles. The van der Waals surface area contributed by atoms with E-state index in [0.717, 1.165) is 19.4 Å². The Hall–Kier alpha value is -1.91. The van der Waals surface area contributed by atoms with Crippen molar-refractivity contribution in [2.75, 3.05) is 19.9 Å². The Bertz CT molecular complexity index is 631. The quantitative estimate of drug-likeness (QED) is 0.819. The average molecular weight is 346 g/mol. The normalized spacial score (nSPS) is 27.0. The Kier molecular flexibility index (Phi) is 4.85. The Labute approximate surface area is 150 Å². The highest BCUT2D eigenvalue weighted by Gasteiger charge is 2.50. The standard InChI is InChI=1S/C20H30N2O3/c1-5-24-16-8-6-7-9-17(16)25-14-21-18(23)22-13-20(4)11-15(22)10-19(2,3)12-20/h6-9,15H,5,10-14H2,1-4H3,(H,21,23). The van der Waals surface area contributed by atoms with Crippen molar-refractivity contribution >= 4 is 6.03 Å². The summed E-state index contributed by atoms with van der Waals surface area (Å²) in [5, 5.41) is 2.91.